The molecule has 6 nitrogen and oxygen atoms in total. The standard InChI is InChI=1S/C21H17ClN4O2S/c1-12-3-2-4-13(9-12)20(28)24-19-17-10-16(29-21(17)26-25-19)11-18(27)23-15-7-5-14(22)6-8-15/h2-10H,11H2,1H3,(H,23,27)(H2,24,25,26,28). The summed E-state index contributed by atoms with van der Waals surface area (Å²) in [6.45, 7) is 1.94. The Kier molecular flexibility index (Phi) is 5.33. The topological polar surface area (TPSA) is 86.9 Å². The summed E-state index contributed by atoms with van der Waals surface area (Å²) in [5.74, 6) is 0.171. The fourth-order valence-electron chi connectivity index (χ4n) is 2.91. The average molecular weight is 425 g/mol. The molecule has 2 aromatic carbocycles. The van der Waals surface area contributed by atoms with Crippen LogP contribution in [0, 0.1) is 6.92 Å². The quantitative estimate of drug-likeness (QED) is 0.420. The summed E-state index contributed by atoms with van der Waals surface area (Å²) in [7, 11) is 0. The van der Waals surface area contributed by atoms with Crippen molar-refractivity contribution in [3.05, 3.63) is 75.6 Å². The van der Waals surface area contributed by atoms with E-state index < -0.39 is 0 Å². The summed E-state index contributed by atoms with van der Waals surface area (Å²) < 4.78 is 0. The average Bonchev–Trinajstić information content (AvgIpc) is 3.24. The van der Waals surface area contributed by atoms with Gasteiger partial charge in [-0.2, -0.15) is 5.10 Å². The molecule has 2 aromatic heterocycles. The van der Waals surface area contributed by atoms with Gasteiger partial charge in [0.15, 0.2) is 0 Å². The van der Waals surface area contributed by atoms with E-state index in [1.54, 1.807) is 30.3 Å². The van der Waals surface area contributed by atoms with Gasteiger partial charge in [-0.3, -0.25) is 14.7 Å². The van der Waals surface area contributed by atoms with E-state index in [9.17, 15) is 9.59 Å². The molecule has 0 atom stereocenters. The molecule has 4 rings (SSSR count). The Morgan fingerprint density at radius 1 is 1.10 bits per heavy atom. The summed E-state index contributed by atoms with van der Waals surface area (Å²) in [6, 6.07) is 16.2. The molecule has 0 spiro atoms. The van der Waals surface area contributed by atoms with Crippen LogP contribution in [-0.2, 0) is 11.2 Å². The van der Waals surface area contributed by atoms with Gasteiger partial charge in [-0.25, -0.2) is 0 Å². The second-order valence-corrected chi connectivity index (χ2v) is 8.14. The number of halogens is 1. The highest BCUT2D eigenvalue weighted by Crippen LogP contribution is 2.30. The third kappa shape index (κ3) is 4.47. The van der Waals surface area contributed by atoms with Gasteiger partial charge in [-0.15, -0.1) is 11.3 Å². The van der Waals surface area contributed by atoms with Crippen molar-refractivity contribution in [2.75, 3.05) is 10.6 Å². The minimum atomic E-state index is -0.215. The minimum Gasteiger partial charge on any atom is -0.326 e. The first-order chi connectivity index (χ1) is 14.0. The van der Waals surface area contributed by atoms with E-state index in [0.717, 1.165) is 20.7 Å². The number of rotatable bonds is 5. The number of benzene rings is 2. The molecule has 0 aliphatic heterocycles. The summed E-state index contributed by atoms with van der Waals surface area (Å²) >= 11 is 7.27. The van der Waals surface area contributed by atoms with Gasteiger partial charge in [0.05, 0.1) is 11.8 Å². The lowest BCUT2D eigenvalue weighted by Gasteiger charge is -2.04. The van der Waals surface area contributed by atoms with Crippen molar-refractivity contribution in [2.24, 2.45) is 0 Å². The van der Waals surface area contributed by atoms with Gasteiger partial charge in [0, 0.05) is 21.2 Å². The van der Waals surface area contributed by atoms with E-state index >= 15 is 0 Å². The second-order valence-electron chi connectivity index (χ2n) is 6.59. The molecule has 0 bridgehead atoms. The molecule has 146 valence electrons. The van der Waals surface area contributed by atoms with Crippen molar-refractivity contribution in [3.63, 3.8) is 0 Å². The van der Waals surface area contributed by atoms with Crippen molar-refractivity contribution >= 4 is 56.5 Å². The van der Waals surface area contributed by atoms with Crippen LogP contribution < -0.4 is 10.6 Å². The van der Waals surface area contributed by atoms with Crippen molar-refractivity contribution in [1.29, 1.82) is 0 Å². The number of fused-ring (bicyclic) bond motifs is 1. The molecule has 2 amide bonds. The minimum absolute atomic E-state index is 0.134. The molecule has 0 radical (unpaired) electrons. The first-order valence-corrected chi connectivity index (χ1v) is 10.1. The molecular formula is C21H17ClN4O2S. The third-order valence-electron chi connectivity index (χ3n) is 4.28. The van der Waals surface area contributed by atoms with Crippen molar-refractivity contribution in [2.45, 2.75) is 13.3 Å². The molecule has 29 heavy (non-hydrogen) atoms. The maximum atomic E-state index is 12.5. The fraction of sp³-hybridized carbons (Fsp3) is 0.0952. The zero-order valence-corrected chi connectivity index (χ0v) is 17.0. The predicted molar refractivity (Wildman–Crippen MR) is 117 cm³/mol. The number of nitrogens with one attached hydrogen (secondary N) is 3. The number of aromatic amines is 1. The lowest BCUT2D eigenvalue weighted by Crippen LogP contribution is -2.13. The molecule has 4 aromatic rings. The first-order valence-electron chi connectivity index (χ1n) is 8.88. The van der Waals surface area contributed by atoms with Crippen molar-refractivity contribution < 1.29 is 9.59 Å². The number of aromatic nitrogens is 2. The van der Waals surface area contributed by atoms with Crippen molar-refractivity contribution in [3.8, 4) is 0 Å². The van der Waals surface area contributed by atoms with Gasteiger partial charge in [0.2, 0.25) is 5.91 Å². The Balaban J connectivity index is 1.46. The number of thiophene rings is 1. The van der Waals surface area contributed by atoms with E-state index in [4.69, 9.17) is 11.6 Å². The summed E-state index contributed by atoms with van der Waals surface area (Å²) in [6.07, 6.45) is 0.217. The number of H-pyrrole nitrogens is 1. The first kappa shape index (κ1) is 19.2. The van der Waals surface area contributed by atoms with E-state index in [1.807, 2.05) is 31.2 Å². The number of hydrogen-bond donors (Lipinski definition) is 3. The molecule has 0 saturated heterocycles. The molecule has 0 saturated carbocycles. The van der Waals surface area contributed by atoms with Crippen LogP contribution in [0.25, 0.3) is 10.2 Å². The van der Waals surface area contributed by atoms with Crippen LogP contribution in [0.1, 0.15) is 20.8 Å². The van der Waals surface area contributed by atoms with Crippen LogP contribution >= 0.6 is 22.9 Å². The van der Waals surface area contributed by atoms with Gasteiger partial charge in [0.25, 0.3) is 5.91 Å². The summed E-state index contributed by atoms with van der Waals surface area (Å²) in [4.78, 5) is 26.4. The van der Waals surface area contributed by atoms with Crippen LogP contribution in [0.2, 0.25) is 5.02 Å². The van der Waals surface area contributed by atoms with Crippen molar-refractivity contribution in [1.82, 2.24) is 10.2 Å². The Bertz CT molecular complexity index is 1200. The van der Waals surface area contributed by atoms with Gasteiger partial charge in [0.1, 0.15) is 10.6 Å². The number of hydrogen-bond acceptors (Lipinski definition) is 4. The molecule has 2 heterocycles. The maximum Gasteiger partial charge on any atom is 0.256 e. The lowest BCUT2D eigenvalue weighted by atomic mass is 10.1. The largest absolute Gasteiger partial charge is 0.326 e. The predicted octanol–water partition coefficient (Wildman–Crippen LogP) is 5.02. The molecule has 3 N–H and O–H groups in total. The maximum absolute atomic E-state index is 12.5. The summed E-state index contributed by atoms with van der Waals surface area (Å²) in [5.41, 5.74) is 2.27. The molecule has 0 aliphatic rings. The second kappa shape index (κ2) is 8.06. The van der Waals surface area contributed by atoms with Crippen LogP contribution in [0.15, 0.2) is 54.6 Å². The lowest BCUT2D eigenvalue weighted by molar-refractivity contribution is -0.115. The number of carbonyl (C=O) groups is 2. The Morgan fingerprint density at radius 3 is 2.66 bits per heavy atom. The highest BCUT2D eigenvalue weighted by Gasteiger charge is 2.15. The number of carbonyl (C=O) groups excluding carboxylic acids is 2. The Morgan fingerprint density at radius 2 is 1.90 bits per heavy atom. The molecule has 0 unspecified atom stereocenters. The molecular weight excluding hydrogens is 408 g/mol. The van der Waals surface area contributed by atoms with Crippen LogP contribution in [0.5, 0.6) is 0 Å². The number of nitrogens with zero attached hydrogens (tertiary/aromatic N) is 1. The van der Waals surface area contributed by atoms with E-state index in [1.165, 1.54) is 11.3 Å². The van der Waals surface area contributed by atoms with Gasteiger partial charge < -0.3 is 10.6 Å². The Hall–Kier alpha value is -3.16. The SMILES string of the molecule is Cc1cccc(C(=O)Nc2[nH]nc3sc(CC(=O)Nc4ccc(Cl)cc4)cc23)c1. The monoisotopic (exact) mass is 424 g/mol. The van der Waals surface area contributed by atoms with Crippen LogP contribution in [-0.4, -0.2) is 22.0 Å². The molecule has 0 aliphatic carbocycles. The smallest absolute Gasteiger partial charge is 0.256 e. The molecule has 8 heteroatoms. The van der Waals surface area contributed by atoms with Crippen LogP contribution in [0.4, 0.5) is 11.5 Å². The van der Waals surface area contributed by atoms with E-state index in [0.29, 0.717) is 22.1 Å². The Labute approximate surface area is 175 Å². The molecule has 0 fully saturated rings. The zero-order chi connectivity index (χ0) is 20.4. The van der Waals surface area contributed by atoms with Crippen LogP contribution in [0.3, 0.4) is 0 Å². The number of amides is 2. The van der Waals surface area contributed by atoms with E-state index in [2.05, 4.69) is 20.8 Å². The van der Waals surface area contributed by atoms with E-state index in [-0.39, 0.29) is 18.2 Å². The van der Waals surface area contributed by atoms with Gasteiger partial charge in [-0.1, -0.05) is 29.3 Å². The fourth-order valence-corrected chi connectivity index (χ4v) is 4.03. The number of anilines is 2. The normalized spacial score (nSPS) is 10.8. The summed E-state index contributed by atoms with van der Waals surface area (Å²) in [5, 5.41) is 14.2. The highest BCUT2D eigenvalue weighted by atomic mass is 35.5. The van der Waals surface area contributed by atoms with Gasteiger partial charge in [-0.05, 0) is 49.4 Å². The highest BCUT2D eigenvalue weighted by molar-refractivity contribution is 7.18. The zero-order valence-electron chi connectivity index (χ0n) is 15.5. The van der Waals surface area contributed by atoms with Gasteiger partial charge >= 0.3 is 0 Å². The third-order valence-corrected chi connectivity index (χ3v) is 5.56. The number of aryl methyl sites for hydroxylation is 1.